The van der Waals surface area contributed by atoms with Crippen LogP contribution < -0.4 is 0 Å². The molecule has 0 aliphatic carbocycles. The summed E-state index contributed by atoms with van der Waals surface area (Å²) in [6.45, 7) is 3.38. The minimum Gasteiger partial charge on any atom is -0.327 e. The van der Waals surface area contributed by atoms with Crippen molar-refractivity contribution in [1.82, 2.24) is 19.1 Å². The van der Waals surface area contributed by atoms with Gasteiger partial charge in [0.2, 0.25) is 0 Å². The molecule has 0 amide bonds. The van der Waals surface area contributed by atoms with E-state index < -0.39 is 4.92 Å². The number of nitro groups is 1. The standard InChI is InChI=1S/C21H20N6O2/c1-3-26-19-8-7-15(13-22-2)11-18(19)24-20(26)14-25-10-9-23-21(25)16-5-4-6-17(12-16)27(28)29/h4-13H,3,14H2,1-2H3. The normalized spacial score (nSPS) is 11.5. The fourth-order valence-corrected chi connectivity index (χ4v) is 3.51. The van der Waals surface area contributed by atoms with E-state index in [9.17, 15) is 10.1 Å². The lowest BCUT2D eigenvalue weighted by atomic mass is 10.2. The van der Waals surface area contributed by atoms with Gasteiger partial charge in [0.05, 0.1) is 22.5 Å². The Bertz CT molecular complexity index is 1220. The summed E-state index contributed by atoms with van der Waals surface area (Å²) in [7, 11) is 1.74. The third-order valence-electron chi connectivity index (χ3n) is 4.79. The monoisotopic (exact) mass is 388 g/mol. The predicted octanol–water partition coefficient (Wildman–Crippen LogP) is 3.92. The highest BCUT2D eigenvalue weighted by molar-refractivity contribution is 5.87. The minimum atomic E-state index is -0.398. The van der Waals surface area contributed by atoms with Crippen molar-refractivity contribution < 1.29 is 4.92 Å². The minimum absolute atomic E-state index is 0.0444. The Morgan fingerprint density at radius 3 is 2.86 bits per heavy atom. The van der Waals surface area contributed by atoms with Crippen LogP contribution in [0.5, 0.6) is 0 Å². The summed E-state index contributed by atoms with van der Waals surface area (Å²) in [5.41, 5.74) is 3.73. The Kier molecular flexibility index (Phi) is 4.90. The van der Waals surface area contributed by atoms with Crippen LogP contribution in [-0.2, 0) is 13.1 Å². The lowest BCUT2D eigenvalue weighted by Gasteiger charge is -2.10. The van der Waals surface area contributed by atoms with Gasteiger partial charge in [0, 0.05) is 49.9 Å². The topological polar surface area (TPSA) is 91.1 Å². The highest BCUT2D eigenvalue weighted by Gasteiger charge is 2.15. The van der Waals surface area contributed by atoms with Crippen molar-refractivity contribution in [2.24, 2.45) is 4.99 Å². The molecule has 0 N–H and O–H groups in total. The SMILES string of the molecule is CCn1c(Cn2ccnc2-c2cccc([N+](=O)[O-])c2)nc2cc(C=NC)ccc21. The Morgan fingerprint density at radius 1 is 1.24 bits per heavy atom. The van der Waals surface area contributed by atoms with Crippen molar-refractivity contribution in [1.29, 1.82) is 0 Å². The van der Waals surface area contributed by atoms with Crippen molar-refractivity contribution in [3.05, 3.63) is 76.4 Å². The first-order chi connectivity index (χ1) is 14.1. The zero-order valence-electron chi connectivity index (χ0n) is 16.2. The summed E-state index contributed by atoms with van der Waals surface area (Å²) in [5, 5.41) is 11.1. The van der Waals surface area contributed by atoms with Crippen LogP contribution in [0.1, 0.15) is 18.3 Å². The van der Waals surface area contributed by atoms with Crippen LogP contribution in [0.3, 0.4) is 0 Å². The van der Waals surface area contributed by atoms with Gasteiger partial charge in [-0.15, -0.1) is 0 Å². The fourth-order valence-electron chi connectivity index (χ4n) is 3.51. The smallest absolute Gasteiger partial charge is 0.270 e. The second-order valence-electron chi connectivity index (χ2n) is 6.59. The maximum atomic E-state index is 11.1. The number of nitro benzene ring substituents is 1. The molecule has 0 unspecified atom stereocenters. The Hall–Kier alpha value is -3.81. The van der Waals surface area contributed by atoms with E-state index in [4.69, 9.17) is 4.98 Å². The highest BCUT2D eigenvalue weighted by atomic mass is 16.6. The summed E-state index contributed by atoms with van der Waals surface area (Å²) in [5.74, 6) is 1.57. The molecule has 146 valence electrons. The fraction of sp³-hybridized carbons (Fsp3) is 0.190. The molecule has 29 heavy (non-hydrogen) atoms. The van der Waals surface area contributed by atoms with Crippen molar-refractivity contribution in [2.75, 3.05) is 7.05 Å². The molecule has 2 aromatic carbocycles. The van der Waals surface area contributed by atoms with Gasteiger partial charge in [-0.2, -0.15) is 0 Å². The van der Waals surface area contributed by atoms with Crippen molar-refractivity contribution in [3.63, 3.8) is 0 Å². The number of imidazole rings is 2. The van der Waals surface area contributed by atoms with Crippen LogP contribution in [-0.4, -0.2) is 37.3 Å². The Balaban J connectivity index is 1.74. The second-order valence-corrected chi connectivity index (χ2v) is 6.59. The number of fused-ring (bicyclic) bond motifs is 1. The highest BCUT2D eigenvalue weighted by Crippen LogP contribution is 2.24. The van der Waals surface area contributed by atoms with Gasteiger partial charge in [-0.1, -0.05) is 18.2 Å². The first-order valence-corrected chi connectivity index (χ1v) is 9.28. The van der Waals surface area contributed by atoms with E-state index >= 15 is 0 Å². The molecular formula is C21H20N6O2. The quantitative estimate of drug-likeness (QED) is 0.284. The summed E-state index contributed by atoms with van der Waals surface area (Å²) in [4.78, 5) is 24.0. The van der Waals surface area contributed by atoms with Gasteiger partial charge in [-0.05, 0) is 24.6 Å². The van der Waals surface area contributed by atoms with E-state index in [-0.39, 0.29) is 5.69 Å². The number of benzene rings is 2. The maximum absolute atomic E-state index is 11.1. The van der Waals surface area contributed by atoms with Crippen LogP contribution >= 0.6 is 0 Å². The van der Waals surface area contributed by atoms with E-state index in [0.717, 1.165) is 29.0 Å². The van der Waals surface area contributed by atoms with Crippen LogP contribution in [0.25, 0.3) is 22.4 Å². The molecule has 0 saturated heterocycles. The molecular weight excluding hydrogens is 368 g/mol. The maximum Gasteiger partial charge on any atom is 0.270 e. The summed E-state index contributed by atoms with van der Waals surface area (Å²) < 4.78 is 4.13. The molecule has 0 aliphatic heterocycles. The summed E-state index contributed by atoms with van der Waals surface area (Å²) in [6, 6.07) is 12.6. The third kappa shape index (κ3) is 3.52. The number of non-ortho nitro benzene ring substituents is 1. The molecule has 0 bridgehead atoms. The van der Waals surface area contributed by atoms with E-state index in [0.29, 0.717) is 17.9 Å². The molecule has 0 atom stereocenters. The third-order valence-corrected chi connectivity index (χ3v) is 4.79. The number of rotatable bonds is 6. The lowest BCUT2D eigenvalue weighted by Crippen LogP contribution is -2.08. The Morgan fingerprint density at radius 2 is 2.10 bits per heavy atom. The average Bonchev–Trinajstić information content (AvgIpc) is 3.32. The molecule has 8 heteroatoms. The van der Waals surface area contributed by atoms with Gasteiger partial charge in [-0.3, -0.25) is 15.1 Å². The lowest BCUT2D eigenvalue weighted by molar-refractivity contribution is -0.384. The van der Waals surface area contributed by atoms with E-state index in [1.54, 1.807) is 25.5 Å². The van der Waals surface area contributed by atoms with Gasteiger partial charge in [0.1, 0.15) is 11.6 Å². The number of aryl methyl sites for hydroxylation is 1. The van der Waals surface area contributed by atoms with Gasteiger partial charge in [0.25, 0.3) is 5.69 Å². The van der Waals surface area contributed by atoms with E-state index in [1.165, 1.54) is 12.1 Å². The van der Waals surface area contributed by atoms with Crippen LogP contribution in [0.4, 0.5) is 5.69 Å². The van der Waals surface area contributed by atoms with Crippen molar-refractivity contribution in [3.8, 4) is 11.4 Å². The molecule has 0 saturated carbocycles. The summed E-state index contributed by atoms with van der Waals surface area (Å²) in [6.07, 6.45) is 5.37. The zero-order valence-corrected chi connectivity index (χ0v) is 16.2. The first-order valence-electron chi connectivity index (χ1n) is 9.28. The zero-order chi connectivity index (χ0) is 20.4. The van der Waals surface area contributed by atoms with E-state index in [2.05, 4.69) is 27.5 Å². The molecule has 0 fully saturated rings. The molecule has 0 spiro atoms. The molecule has 2 heterocycles. The molecule has 0 aliphatic rings. The second kappa shape index (κ2) is 7.67. The first kappa shape index (κ1) is 18.5. The molecule has 4 rings (SSSR count). The molecule has 0 radical (unpaired) electrons. The van der Waals surface area contributed by atoms with Crippen molar-refractivity contribution >= 4 is 22.9 Å². The van der Waals surface area contributed by atoms with E-state index in [1.807, 2.05) is 29.0 Å². The Labute approximate surface area is 167 Å². The van der Waals surface area contributed by atoms with Crippen LogP contribution in [0.15, 0.2) is 59.9 Å². The number of hydrogen-bond acceptors (Lipinski definition) is 5. The molecule has 4 aromatic rings. The number of nitrogens with zero attached hydrogens (tertiary/aromatic N) is 6. The van der Waals surface area contributed by atoms with Crippen LogP contribution in [0, 0.1) is 10.1 Å². The molecule has 8 nitrogen and oxygen atoms in total. The van der Waals surface area contributed by atoms with Crippen molar-refractivity contribution in [2.45, 2.75) is 20.0 Å². The number of aliphatic imine (C=N–C) groups is 1. The number of aromatic nitrogens is 4. The van der Waals surface area contributed by atoms with Gasteiger partial charge in [0.15, 0.2) is 0 Å². The predicted molar refractivity (Wildman–Crippen MR) is 112 cm³/mol. The van der Waals surface area contributed by atoms with Gasteiger partial charge >= 0.3 is 0 Å². The average molecular weight is 388 g/mol. The number of hydrogen-bond donors (Lipinski definition) is 0. The largest absolute Gasteiger partial charge is 0.327 e. The van der Waals surface area contributed by atoms with Crippen LogP contribution in [0.2, 0.25) is 0 Å². The molecule has 2 aromatic heterocycles. The van der Waals surface area contributed by atoms with Gasteiger partial charge < -0.3 is 9.13 Å². The van der Waals surface area contributed by atoms with Gasteiger partial charge in [-0.25, -0.2) is 9.97 Å². The summed E-state index contributed by atoms with van der Waals surface area (Å²) >= 11 is 0.